The van der Waals surface area contributed by atoms with Crippen LogP contribution in [0.2, 0.25) is 0 Å². The predicted molar refractivity (Wildman–Crippen MR) is 78.9 cm³/mol. The largest absolute Gasteiger partial charge is 0.338 e. The third kappa shape index (κ3) is 5.24. The van der Waals surface area contributed by atoms with Gasteiger partial charge in [-0.2, -0.15) is 0 Å². The van der Waals surface area contributed by atoms with E-state index in [-0.39, 0.29) is 0 Å². The number of nitrogens with zero attached hydrogens (tertiary/aromatic N) is 2. The van der Waals surface area contributed by atoms with E-state index in [9.17, 15) is 0 Å². The summed E-state index contributed by atoms with van der Waals surface area (Å²) in [6.07, 6.45) is 16.1. The van der Waals surface area contributed by atoms with Gasteiger partial charge < -0.3 is 4.57 Å². The van der Waals surface area contributed by atoms with Crippen molar-refractivity contribution in [3.8, 4) is 0 Å². The molecule has 0 aliphatic heterocycles. The normalized spacial score (nSPS) is 12.8. The Morgan fingerprint density at radius 1 is 1.00 bits per heavy atom. The fourth-order valence-corrected chi connectivity index (χ4v) is 2.63. The molecule has 0 radical (unpaired) electrons. The molecule has 2 heteroatoms. The molecule has 18 heavy (non-hydrogen) atoms. The Bertz CT molecular complexity index is 304. The van der Waals surface area contributed by atoms with Crippen molar-refractivity contribution in [2.45, 2.75) is 77.6 Å². The van der Waals surface area contributed by atoms with E-state index < -0.39 is 0 Å². The number of imidazole rings is 1. The maximum Gasteiger partial charge on any atom is 0.111 e. The average Bonchev–Trinajstić information content (AvgIpc) is 2.79. The van der Waals surface area contributed by atoms with Crippen LogP contribution in [0.25, 0.3) is 0 Å². The van der Waals surface area contributed by atoms with E-state index >= 15 is 0 Å². The van der Waals surface area contributed by atoms with Gasteiger partial charge in [0.2, 0.25) is 0 Å². The van der Waals surface area contributed by atoms with E-state index in [0.29, 0.717) is 5.92 Å². The third-order valence-electron chi connectivity index (χ3n) is 3.79. The lowest BCUT2D eigenvalue weighted by atomic mass is 9.94. The molecule has 0 bridgehead atoms. The topological polar surface area (TPSA) is 17.8 Å². The van der Waals surface area contributed by atoms with Gasteiger partial charge >= 0.3 is 0 Å². The van der Waals surface area contributed by atoms with Crippen molar-refractivity contribution in [3.63, 3.8) is 0 Å². The van der Waals surface area contributed by atoms with Crippen LogP contribution in [0.1, 0.15) is 83.4 Å². The molecule has 0 spiro atoms. The molecule has 1 unspecified atom stereocenters. The summed E-state index contributed by atoms with van der Waals surface area (Å²) in [5.41, 5.74) is 0. The van der Waals surface area contributed by atoms with Crippen LogP contribution in [-0.4, -0.2) is 9.55 Å². The third-order valence-corrected chi connectivity index (χ3v) is 3.79. The zero-order chi connectivity index (χ0) is 13.2. The second kappa shape index (κ2) is 9.18. The minimum atomic E-state index is 0.674. The lowest BCUT2D eigenvalue weighted by molar-refractivity contribution is 0.474. The highest BCUT2D eigenvalue weighted by molar-refractivity contribution is 4.99. The number of unbranched alkanes of at least 4 members (excludes halogenated alkanes) is 5. The Morgan fingerprint density at radius 2 is 1.61 bits per heavy atom. The molecule has 1 rings (SSSR count). The Labute approximate surface area is 113 Å². The smallest absolute Gasteiger partial charge is 0.111 e. The fourth-order valence-electron chi connectivity index (χ4n) is 2.63. The van der Waals surface area contributed by atoms with E-state index in [4.69, 9.17) is 0 Å². The summed E-state index contributed by atoms with van der Waals surface area (Å²) < 4.78 is 2.20. The van der Waals surface area contributed by atoms with E-state index in [0.717, 1.165) is 0 Å². The van der Waals surface area contributed by atoms with Crippen LogP contribution in [0.4, 0.5) is 0 Å². The average molecular weight is 250 g/mol. The van der Waals surface area contributed by atoms with Gasteiger partial charge in [0.15, 0.2) is 0 Å². The van der Waals surface area contributed by atoms with Crippen molar-refractivity contribution >= 4 is 0 Å². The summed E-state index contributed by atoms with van der Waals surface area (Å²) in [5.74, 6) is 1.97. The van der Waals surface area contributed by atoms with Crippen molar-refractivity contribution in [1.82, 2.24) is 9.55 Å². The molecule has 1 aromatic rings. The summed E-state index contributed by atoms with van der Waals surface area (Å²) in [7, 11) is 2.13. The maximum atomic E-state index is 4.56. The number of aromatic nitrogens is 2. The van der Waals surface area contributed by atoms with Gasteiger partial charge in [-0.1, -0.05) is 58.8 Å². The molecule has 0 aromatic carbocycles. The molecule has 2 nitrogen and oxygen atoms in total. The molecule has 1 heterocycles. The molecule has 0 saturated carbocycles. The fraction of sp³-hybridized carbons (Fsp3) is 0.812. The molecule has 1 atom stereocenters. The molecular weight excluding hydrogens is 220 g/mol. The Balaban J connectivity index is 2.44. The summed E-state index contributed by atoms with van der Waals surface area (Å²) in [6.45, 7) is 4.55. The zero-order valence-electron chi connectivity index (χ0n) is 12.5. The molecule has 1 aromatic heterocycles. The molecule has 0 aliphatic carbocycles. The number of hydrogen-bond donors (Lipinski definition) is 0. The van der Waals surface area contributed by atoms with Crippen LogP contribution in [-0.2, 0) is 7.05 Å². The summed E-state index contributed by atoms with van der Waals surface area (Å²) >= 11 is 0. The van der Waals surface area contributed by atoms with Gasteiger partial charge in [-0.25, -0.2) is 4.98 Å². The summed E-state index contributed by atoms with van der Waals surface area (Å²) in [5, 5.41) is 0. The Kier molecular flexibility index (Phi) is 7.79. The SMILES string of the molecule is CCCCCCC(CCCCC)c1nccn1C. The summed E-state index contributed by atoms with van der Waals surface area (Å²) in [6, 6.07) is 0. The van der Waals surface area contributed by atoms with Crippen LogP contribution < -0.4 is 0 Å². The van der Waals surface area contributed by atoms with E-state index in [1.54, 1.807) is 0 Å². The highest BCUT2D eigenvalue weighted by Gasteiger charge is 2.15. The standard InChI is InChI=1S/C16H30N2/c1-4-6-8-10-12-15(11-9-7-5-2)16-17-13-14-18(16)3/h13-15H,4-12H2,1-3H3. The van der Waals surface area contributed by atoms with Crippen LogP contribution >= 0.6 is 0 Å². The van der Waals surface area contributed by atoms with Gasteiger partial charge in [-0.3, -0.25) is 0 Å². The van der Waals surface area contributed by atoms with E-state index in [1.165, 1.54) is 63.6 Å². The van der Waals surface area contributed by atoms with Crippen LogP contribution in [0.5, 0.6) is 0 Å². The van der Waals surface area contributed by atoms with E-state index in [1.807, 2.05) is 6.20 Å². The molecule has 0 saturated heterocycles. The van der Waals surface area contributed by atoms with Crippen LogP contribution in [0.15, 0.2) is 12.4 Å². The molecule has 104 valence electrons. The van der Waals surface area contributed by atoms with Crippen LogP contribution in [0.3, 0.4) is 0 Å². The number of aryl methyl sites for hydroxylation is 1. The highest BCUT2D eigenvalue weighted by Crippen LogP contribution is 2.26. The molecule has 0 amide bonds. The van der Waals surface area contributed by atoms with Crippen molar-refractivity contribution in [1.29, 1.82) is 0 Å². The Hall–Kier alpha value is -0.790. The van der Waals surface area contributed by atoms with E-state index in [2.05, 4.69) is 36.6 Å². The number of hydrogen-bond acceptors (Lipinski definition) is 1. The van der Waals surface area contributed by atoms with Gasteiger partial charge in [0.1, 0.15) is 5.82 Å². The van der Waals surface area contributed by atoms with Gasteiger partial charge in [0.25, 0.3) is 0 Å². The monoisotopic (exact) mass is 250 g/mol. The first-order valence-corrected chi connectivity index (χ1v) is 7.76. The lowest BCUT2D eigenvalue weighted by Gasteiger charge is -2.16. The number of rotatable bonds is 10. The minimum Gasteiger partial charge on any atom is -0.338 e. The molecular formula is C16H30N2. The van der Waals surface area contributed by atoms with Crippen molar-refractivity contribution in [3.05, 3.63) is 18.2 Å². The van der Waals surface area contributed by atoms with Crippen LogP contribution in [0, 0.1) is 0 Å². The molecule has 0 N–H and O–H groups in total. The summed E-state index contributed by atoms with van der Waals surface area (Å²) in [4.78, 5) is 4.56. The van der Waals surface area contributed by atoms with Gasteiger partial charge in [-0.15, -0.1) is 0 Å². The van der Waals surface area contributed by atoms with Gasteiger partial charge in [0.05, 0.1) is 0 Å². The maximum absolute atomic E-state index is 4.56. The lowest BCUT2D eigenvalue weighted by Crippen LogP contribution is -2.06. The van der Waals surface area contributed by atoms with Crippen molar-refractivity contribution in [2.75, 3.05) is 0 Å². The first kappa shape index (κ1) is 15.3. The van der Waals surface area contributed by atoms with Crippen molar-refractivity contribution < 1.29 is 0 Å². The first-order chi connectivity index (χ1) is 8.79. The highest BCUT2D eigenvalue weighted by atomic mass is 15.0. The van der Waals surface area contributed by atoms with Crippen molar-refractivity contribution in [2.24, 2.45) is 7.05 Å². The zero-order valence-corrected chi connectivity index (χ0v) is 12.5. The molecule has 0 aliphatic rings. The second-order valence-corrected chi connectivity index (χ2v) is 5.44. The predicted octanol–water partition coefficient (Wildman–Crippen LogP) is 5.05. The second-order valence-electron chi connectivity index (χ2n) is 5.44. The van der Waals surface area contributed by atoms with Gasteiger partial charge in [0, 0.05) is 25.4 Å². The quantitative estimate of drug-likeness (QED) is 0.531. The van der Waals surface area contributed by atoms with Gasteiger partial charge in [-0.05, 0) is 12.8 Å². The molecule has 0 fully saturated rings. The first-order valence-electron chi connectivity index (χ1n) is 7.76. The Morgan fingerprint density at radius 3 is 2.17 bits per heavy atom. The minimum absolute atomic E-state index is 0.674.